The molecule has 0 radical (unpaired) electrons. The van der Waals surface area contributed by atoms with Gasteiger partial charge in [0.25, 0.3) is 21.8 Å². The van der Waals surface area contributed by atoms with Crippen LogP contribution in [0.2, 0.25) is 0 Å². The van der Waals surface area contributed by atoms with Crippen molar-refractivity contribution < 1.29 is 22.7 Å². The number of ether oxygens (including phenoxy) is 1. The van der Waals surface area contributed by atoms with Crippen LogP contribution in [0.25, 0.3) is 0 Å². The molecule has 10 heteroatoms. The van der Waals surface area contributed by atoms with Crippen LogP contribution in [0, 0.1) is 0 Å². The van der Waals surface area contributed by atoms with Gasteiger partial charge in [0, 0.05) is 43.2 Å². The SMILES string of the molecule is O=C(NCc1ccc(S(=O)(=O)N2CCN(C(=O)[C@@H]3CCCO3)CC2)s1)c1ccccc1. The number of benzene rings is 1. The molecule has 8 nitrogen and oxygen atoms in total. The van der Waals surface area contributed by atoms with Crippen molar-refractivity contribution in [2.24, 2.45) is 0 Å². The Bertz CT molecular complexity index is 1020. The van der Waals surface area contributed by atoms with Gasteiger partial charge in [0.05, 0.1) is 6.54 Å². The molecule has 2 aromatic rings. The fourth-order valence-electron chi connectivity index (χ4n) is 3.70. The van der Waals surface area contributed by atoms with E-state index in [2.05, 4.69) is 5.32 Å². The van der Waals surface area contributed by atoms with E-state index in [-0.39, 0.29) is 41.8 Å². The standard InChI is InChI=1S/C21H25N3O5S2/c25-20(16-5-2-1-3-6-16)22-15-17-8-9-19(30-17)31(27,28)24-12-10-23(11-13-24)21(26)18-7-4-14-29-18/h1-3,5-6,8-9,18H,4,7,10-15H2,(H,22,25)/t18-/m0/s1. The summed E-state index contributed by atoms with van der Waals surface area (Å²) < 4.78 is 33.1. The second-order valence-electron chi connectivity index (χ2n) is 7.50. The number of piperazine rings is 1. The van der Waals surface area contributed by atoms with Crippen LogP contribution in [-0.4, -0.2) is 68.3 Å². The van der Waals surface area contributed by atoms with Crippen molar-refractivity contribution in [1.82, 2.24) is 14.5 Å². The normalized spacial score (nSPS) is 20.0. The molecule has 4 rings (SSSR count). The molecule has 0 spiro atoms. The number of amides is 2. The fourth-order valence-corrected chi connectivity index (χ4v) is 6.58. The fraction of sp³-hybridized carbons (Fsp3) is 0.429. The largest absolute Gasteiger partial charge is 0.368 e. The lowest BCUT2D eigenvalue weighted by atomic mass is 10.2. The molecule has 2 aliphatic rings. The number of thiophene rings is 1. The first-order chi connectivity index (χ1) is 14.9. The molecule has 1 atom stereocenters. The van der Waals surface area contributed by atoms with E-state index in [1.165, 1.54) is 4.31 Å². The van der Waals surface area contributed by atoms with Crippen LogP contribution >= 0.6 is 11.3 Å². The van der Waals surface area contributed by atoms with E-state index >= 15 is 0 Å². The quantitative estimate of drug-likeness (QED) is 0.703. The number of nitrogens with zero attached hydrogens (tertiary/aromatic N) is 2. The molecule has 0 bridgehead atoms. The highest BCUT2D eigenvalue weighted by molar-refractivity contribution is 7.91. The Morgan fingerprint density at radius 3 is 2.48 bits per heavy atom. The van der Waals surface area contributed by atoms with Gasteiger partial charge >= 0.3 is 0 Å². The molecule has 2 fully saturated rings. The number of hydrogen-bond acceptors (Lipinski definition) is 6. The maximum absolute atomic E-state index is 13.0. The minimum atomic E-state index is -3.63. The van der Waals surface area contributed by atoms with Gasteiger partial charge in [-0.25, -0.2) is 8.42 Å². The lowest BCUT2D eigenvalue weighted by Gasteiger charge is -2.34. The number of sulfonamides is 1. The Hall–Kier alpha value is -2.27. The summed E-state index contributed by atoms with van der Waals surface area (Å²) in [5.74, 6) is -0.243. The van der Waals surface area contributed by atoms with Gasteiger partial charge in [-0.1, -0.05) is 18.2 Å². The van der Waals surface area contributed by atoms with Gasteiger partial charge in [-0.05, 0) is 37.1 Å². The first kappa shape index (κ1) is 21.9. The average Bonchev–Trinajstić information content (AvgIpc) is 3.50. The predicted octanol–water partition coefficient (Wildman–Crippen LogP) is 1.69. The molecular weight excluding hydrogens is 438 g/mol. The summed E-state index contributed by atoms with van der Waals surface area (Å²) in [4.78, 5) is 27.1. The Balaban J connectivity index is 1.32. The highest BCUT2D eigenvalue weighted by Gasteiger charge is 2.34. The molecular formula is C21H25N3O5S2. The first-order valence-corrected chi connectivity index (χ1v) is 12.5. The number of carbonyl (C=O) groups excluding carboxylic acids is 2. The van der Waals surface area contributed by atoms with Crippen molar-refractivity contribution in [3.8, 4) is 0 Å². The lowest BCUT2D eigenvalue weighted by molar-refractivity contribution is -0.142. The van der Waals surface area contributed by atoms with Crippen molar-refractivity contribution in [1.29, 1.82) is 0 Å². The van der Waals surface area contributed by atoms with E-state index in [4.69, 9.17) is 4.74 Å². The number of carbonyl (C=O) groups is 2. The van der Waals surface area contributed by atoms with E-state index in [0.29, 0.717) is 25.3 Å². The molecule has 31 heavy (non-hydrogen) atoms. The highest BCUT2D eigenvalue weighted by Crippen LogP contribution is 2.26. The minimum Gasteiger partial charge on any atom is -0.368 e. The molecule has 3 heterocycles. The Labute approximate surface area is 185 Å². The predicted molar refractivity (Wildman–Crippen MR) is 116 cm³/mol. The Kier molecular flexibility index (Phi) is 6.71. The molecule has 2 saturated heterocycles. The summed E-state index contributed by atoms with van der Waals surface area (Å²) >= 11 is 1.15. The van der Waals surface area contributed by atoms with Crippen LogP contribution in [0.4, 0.5) is 0 Å². The van der Waals surface area contributed by atoms with Gasteiger partial charge in [0.2, 0.25) is 0 Å². The van der Waals surface area contributed by atoms with Crippen molar-refractivity contribution in [2.75, 3.05) is 32.8 Å². The summed E-state index contributed by atoms with van der Waals surface area (Å²) in [7, 11) is -3.63. The number of hydrogen-bond donors (Lipinski definition) is 1. The molecule has 2 aliphatic heterocycles. The van der Waals surface area contributed by atoms with Crippen LogP contribution in [0.1, 0.15) is 28.1 Å². The minimum absolute atomic E-state index is 0.0397. The molecule has 0 saturated carbocycles. The molecule has 1 N–H and O–H groups in total. The van der Waals surface area contributed by atoms with Crippen LogP contribution in [0.5, 0.6) is 0 Å². The smallest absolute Gasteiger partial charge is 0.252 e. The zero-order valence-electron chi connectivity index (χ0n) is 17.0. The Morgan fingerprint density at radius 1 is 1.06 bits per heavy atom. The van der Waals surface area contributed by atoms with Gasteiger partial charge in [-0.2, -0.15) is 4.31 Å². The Morgan fingerprint density at radius 2 is 1.81 bits per heavy atom. The number of nitrogens with one attached hydrogen (secondary N) is 1. The lowest BCUT2D eigenvalue weighted by Crippen LogP contribution is -2.52. The molecule has 1 aromatic carbocycles. The molecule has 166 valence electrons. The van der Waals surface area contributed by atoms with E-state index in [9.17, 15) is 18.0 Å². The molecule has 2 amide bonds. The summed E-state index contributed by atoms with van der Waals surface area (Å²) in [6, 6.07) is 12.2. The van der Waals surface area contributed by atoms with Crippen molar-refractivity contribution in [2.45, 2.75) is 29.7 Å². The third-order valence-corrected chi connectivity index (χ3v) is 8.90. The third kappa shape index (κ3) is 4.98. The van der Waals surface area contributed by atoms with Crippen LogP contribution in [0.3, 0.4) is 0 Å². The number of rotatable bonds is 6. The summed E-state index contributed by atoms with van der Waals surface area (Å²) in [5, 5.41) is 2.81. The summed E-state index contributed by atoms with van der Waals surface area (Å²) in [6.45, 7) is 2.12. The monoisotopic (exact) mass is 463 g/mol. The van der Waals surface area contributed by atoms with E-state index < -0.39 is 10.0 Å². The van der Waals surface area contributed by atoms with Crippen LogP contribution in [-0.2, 0) is 26.1 Å². The second-order valence-corrected chi connectivity index (χ2v) is 10.8. The van der Waals surface area contributed by atoms with E-state index in [0.717, 1.165) is 29.1 Å². The highest BCUT2D eigenvalue weighted by atomic mass is 32.2. The van der Waals surface area contributed by atoms with Gasteiger partial charge in [0.15, 0.2) is 0 Å². The van der Waals surface area contributed by atoms with Crippen LogP contribution in [0.15, 0.2) is 46.7 Å². The average molecular weight is 464 g/mol. The van der Waals surface area contributed by atoms with Crippen molar-refractivity contribution >= 4 is 33.2 Å². The summed E-state index contributed by atoms with van der Waals surface area (Å²) in [5.41, 5.74) is 0.558. The van der Waals surface area contributed by atoms with Gasteiger partial charge in [-0.3, -0.25) is 9.59 Å². The van der Waals surface area contributed by atoms with Crippen molar-refractivity contribution in [3.05, 3.63) is 52.9 Å². The first-order valence-electron chi connectivity index (χ1n) is 10.3. The molecule has 1 aromatic heterocycles. The second kappa shape index (κ2) is 9.47. The topological polar surface area (TPSA) is 96.0 Å². The van der Waals surface area contributed by atoms with Gasteiger partial charge in [-0.15, -0.1) is 11.3 Å². The summed E-state index contributed by atoms with van der Waals surface area (Å²) in [6.07, 6.45) is 1.24. The zero-order valence-corrected chi connectivity index (χ0v) is 18.7. The van der Waals surface area contributed by atoms with E-state index in [1.54, 1.807) is 41.3 Å². The van der Waals surface area contributed by atoms with Gasteiger partial charge in [0.1, 0.15) is 10.3 Å². The molecule has 0 unspecified atom stereocenters. The maximum atomic E-state index is 13.0. The van der Waals surface area contributed by atoms with Crippen LogP contribution < -0.4 is 5.32 Å². The maximum Gasteiger partial charge on any atom is 0.252 e. The molecule has 0 aliphatic carbocycles. The van der Waals surface area contributed by atoms with E-state index in [1.807, 2.05) is 6.07 Å². The van der Waals surface area contributed by atoms with Gasteiger partial charge < -0.3 is 15.0 Å². The zero-order chi connectivity index (χ0) is 21.8. The third-order valence-electron chi connectivity index (χ3n) is 5.45. The van der Waals surface area contributed by atoms with Crippen molar-refractivity contribution in [3.63, 3.8) is 0 Å².